The zero-order valence-electron chi connectivity index (χ0n) is 15.6. The summed E-state index contributed by atoms with van der Waals surface area (Å²) in [6.45, 7) is 3.87. The van der Waals surface area contributed by atoms with Crippen molar-refractivity contribution in [3.63, 3.8) is 0 Å². The first-order valence-corrected chi connectivity index (χ1v) is 9.51. The number of hydrogen-bond acceptors (Lipinski definition) is 4. The predicted octanol–water partition coefficient (Wildman–Crippen LogP) is 2.74. The van der Waals surface area contributed by atoms with Crippen LogP contribution in [0.25, 0.3) is 5.82 Å². The second-order valence-electron chi connectivity index (χ2n) is 7.66. The monoisotopic (exact) mass is 368 g/mol. The number of aromatic nitrogens is 3. The van der Waals surface area contributed by atoms with E-state index < -0.39 is 12.0 Å². The van der Waals surface area contributed by atoms with Crippen LogP contribution in [0, 0.1) is 19.8 Å². The van der Waals surface area contributed by atoms with Crippen molar-refractivity contribution >= 4 is 11.9 Å². The van der Waals surface area contributed by atoms with Crippen LogP contribution in [-0.4, -0.2) is 48.7 Å². The summed E-state index contributed by atoms with van der Waals surface area (Å²) in [7, 11) is 0. The molecule has 0 aromatic carbocycles. The zero-order chi connectivity index (χ0) is 19.1. The van der Waals surface area contributed by atoms with Gasteiger partial charge in [-0.15, -0.1) is 0 Å². The number of fused-ring (bicyclic) bond motifs is 1. The number of hydrogen-bond donors (Lipinski definition) is 1. The predicted molar refractivity (Wildman–Crippen MR) is 98.8 cm³/mol. The lowest BCUT2D eigenvalue weighted by Crippen LogP contribution is -2.46. The largest absolute Gasteiger partial charge is 0.480 e. The number of carbonyl (C=O) groups is 2. The molecule has 2 aliphatic rings. The fourth-order valence-corrected chi connectivity index (χ4v) is 4.62. The molecule has 1 N–H and O–H groups in total. The van der Waals surface area contributed by atoms with E-state index in [2.05, 4.69) is 10.1 Å². The molecule has 2 aromatic heterocycles. The van der Waals surface area contributed by atoms with Crippen LogP contribution >= 0.6 is 0 Å². The number of aryl methyl sites for hydroxylation is 2. The first kappa shape index (κ1) is 17.7. The van der Waals surface area contributed by atoms with Crippen LogP contribution in [0.4, 0.5) is 0 Å². The van der Waals surface area contributed by atoms with E-state index in [9.17, 15) is 14.7 Å². The summed E-state index contributed by atoms with van der Waals surface area (Å²) in [5.41, 5.74) is 2.30. The third-order valence-electron chi connectivity index (χ3n) is 5.83. The molecule has 1 saturated heterocycles. The fraction of sp³-hybridized carbons (Fsp3) is 0.500. The van der Waals surface area contributed by atoms with Gasteiger partial charge in [-0.1, -0.05) is 12.8 Å². The van der Waals surface area contributed by atoms with Gasteiger partial charge < -0.3 is 10.0 Å². The molecule has 0 unspecified atom stereocenters. The van der Waals surface area contributed by atoms with Gasteiger partial charge in [0.2, 0.25) is 0 Å². The summed E-state index contributed by atoms with van der Waals surface area (Å²) < 4.78 is 1.73. The van der Waals surface area contributed by atoms with Gasteiger partial charge in [0.1, 0.15) is 6.04 Å². The number of amides is 1. The van der Waals surface area contributed by atoms with Crippen LogP contribution in [0.2, 0.25) is 0 Å². The third kappa shape index (κ3) is 3.11. The normalized spacial score (nSPS) is 24.7. The molecule has 0 spiro atoms. The van der Waals surface area contributed by atoms with Crippen molar-refractivity contribution in [1.82, 2.24) is 19.7 Å². The number of aliphatic carboxylic acids is 1. The van der Waals surface area contributed by atoms with E-state index in [0.29, 0.717) is 23.7 Å². The van der Waals surface area contributed by atoms with Gasteiger partial charge in [-0.3, -0.25) is 4.79 Å². The SMILES string of the molecule is Cc1cc(C)n(-c2ccc(C(=O)N3[C@@H]4CCCC[C@@H]4C[C@H]3C(=O)O)cn2)n1. The van der Waals surface area contributed by atoms with Crippen molar-refractivity contribution in [2.45, 2.75) is 58.0 Å². The highest BCUT2D eigenvalue weighted by Gasteiger charge is 2.47. The average molecular weight is 368 g/mol. The summed E-state index contributed by atoms with van der Waals surface area (Å²) in [4.78, 5) is 30.9. The summed E-state index contributed by atoms with van der Waals surface area (Å²) in [5, 5.41) is 14.0. The molecule has 1 aliphatic carbocycles. The van der Waals surface area contributed by atoms with E-state index >= 15 is 0 Å². The van der Waals surface area contributed by atoms with Crippen molar-refractivity contribution in [2.24, 2.45) is 5.92 Å². The average Bonchev–Trinajstić information content (AvgIpc) is 3.21. The number of carboxylic acids is 1. The number of carboxylic acid groups (broad SMARTS) is 1. The maximum atomic E-state index is 13.1. The smallest absolute Gasteiger partial charge is 0.326 e. The van der Waals surface area contributed by atoms with Crippen LogP contribution in [0.1, 0.15) is 53.8 Å². The van der Waals surface area contributed by atoms with Crippen molar-refractivity contribution in [3.8, 4) is 5.82 Å². The van der Waals surface area contributed by atoms with Crippen molar-refractivity contribution in [3.05, 3.63) is 41.3 Å². The maximum absolute atomic E-state index is 13.1. The summed E-state index contributed by atoms with van der Waals surface area (Å²) in [6.07, 6.45) is 6.15. The zero-order valence-corrected chi connectivity index (χ0v) is 15.6. The number of likely N-dealkylation sites (tertiary alicyclic amines) is 1. The second kappa shape index (κ2) is 6.79. The molecule has 7 nitrogen and oxygen atoms in total. The topological polar surface area (TPSA) is 88.3 Å². The van der Waals surface area contributed by atoms with Gasteiger partial charge in [0.25, 0.3) is 5.91 Å². The Bertz CT molecular complexity index is 874. The van der Waals surface area contributed by atoms with E-state index in [1.165, 1.54) is 6.20 Å². The molecular weight excluding hydrogens is 344 g/mol. The van der Waals surface area contributed by atoms with Crippen molar-refractivity contribution in [2.75, 3.05) is 0 Å². The van der Waals surface area contributed by atoms with E-state index in [0.717, 1.165) is 37.1 Å². The minimum Gasteiger partial charge on any atom is -0.480 e. The molecule has 0 radical (unpaired) electrons. The maximum Gasteiger partial charge on any atom is 0.326 e. The van der Waals surface area contributed by atoms with Gasteiger partial charge in [0.05, 0.1) is 11.3 Å². The molecule has 2 fully saturated rings. The van der Waals surface area contributed by atoms with Crippen LogP contribution in [-0.2, 0) is 4.79 Å². The number of carbonyl (C=O) groups excluding carboxylic acids is 1. The van der Waals surface area contributed by atoms with E-state index in [1.54, 1.807) is 21.7 Å². The summed E-state index contributed by atoms with van der Waals surface area (Å²) in [5.74, 6) is -0.205. The van der Waals surface area contributed by atoms with Gasteiger partial charge in [0, 0.05) is 17.9 Å². The Kier molecular flexibility index (Phi) is 4.45. The first-order valence-electron chi connectivity index (χ1n) is 9.51. The Morgan fingerprint density at radius 3 is 2.59 bits per heavy atom. The Morgan fingerprint density at radius 1 is 1.19 bits per heavy atom. The second-order valence-corrected chi connectivity index (χ2v) is 7.66. The summed E-state index contributed by atoms with van der Waals surface area (Å²) in [6, 6.07) is 4.74. The lowest BCUT2D eigenvalue weighted by Gasteiger charge is -2.33. The van der Waals surface area contributed by atoms with Crippen LogP contribution in [0.5, 0.6) is 0 Å². The van der Waals surface area contributed by atoms with Gasteiger partial charge >= 0.3 is 5.97 Å². The molecule has 4 rings (SSSR count). The Hall–Kier alpha value is -2.70. The molecule has 7 heteroatoms. The van der Waals surface area contributed by atoms with Crippen LogP contribution in [0.3, 0.4) is 0 Å². The minimum atomic E-state index is -0.912. The molecular formula is C20H24N4O3. The highest BCUT2D eigenvalue weighted by atomic mass is 16.4. The van der Waals surface area contributed by atoms with Crippen LogP contribution < -0.4 is 0 Å². The number of nitrogens with zero attached hydrogens (tertiary/aromatic N) is 4. The molecule has 3 heterocycles. The standard InChI is InChI=1S/C20H24N4O3/c1-12-9-13(2)24(22-12)18-8-7-15(11-21-18)19(25)23-16-6-4-3-5-14(16)10-17(23)20(26)27/h7-9,11,14,16-17H,3-6,10H2,1-2H3,(H,26,27)/t14-,16-,17+/m1/s1. The quantitative estimate of drug-likeness (QED) is 0.900. The summed E-state index contributed by atoms with van der Waals surface area (Å²) >= 11 is 0. The molecule has 1 aliphatic heterocycles. The van der Waals surface area contributed by atoms with Gasteiger partial charge in [-0.25, -0.2) is 14.5 Å². The highest BCUT2D eigenvalue weighted by Crippen LogP contribution is 2.40. The van der Waals surface area contributed by atoms with Crippen LogP contribution in [0.15, 0.2) is 24.4 Å². The number of rotatable bonds is 3. The molecule has 1 saturated carbocycles. The van der Waals surface area contributed by atoms with Gasteiger partial charge in [0.15, 0.2) is 5.82 Å². The molecule has 142 valence electrons. The van der Waals surface area contributed by atoms with E-state index in [-0.39, 0.29) is 11.9 Å². The molecule has 27 heavy (non-hydrogen) atoms. The van der Waals surface area contributed by atoms with Crippen molar-refractivity contribution in [1.29, 1.82) is 0 Å². The molecule has 2 aromatic rings. The Balaban J connectivity index is 1.61. The van der Waals surface area contributed by atoms with Crippen molar-refractivity contribution < 1.29 is 14.7 Å². The fourth-order valence-electron chi connectivity index (χ4n) is 4.62. The van der Waals surface area contributed by atoms with Gasteiger partial charge in [-0.2, -0.15) is 5.10 Å². The highest BCUT2D eigenvalue weighted by molar-refractivity contribution is 5.97. The lowest BCUT2D eigenvalue weighted by molar-refractivity contribution is -0.141. The molecule has 0 bridgehead atoms. The third-order valence-corrected chi connectivity index (χ3v) is 5.83. The lowest BCUT2D eigenvalue weighted by atomic mass is 9.84. The Morgan fingerprint density at radius 2 is 1.96 bits per heavy atom. The van der Waals surface area contributed by atoms with E-state index in [4.69, 9.17) is 0 Å². The molecule has 3 atom stereocenters. The van der Waals surface area contributed by atoms with Gasteiger partial charge in [-0.05, 0) is 57.2 Å². The minimum absolute atomic E-state index is 0.0306. The Labute approximate surface area is 158 Å². The van der Waals surface area contributed by atoms with E-state index in [1.807, 2.05) is 19.9 Å². The first-order chi connectivity index (χ1) is 13.0. The number of pyridine rings is 1. The molecule has 1 amide bonds.